The van der Waals surface area contributed by atoms with Gasteiger partial charge in [-0.2, -0.15) is 0 Å². The Morgan fingerprint density at radius 2 is 2.54 bits per heavy atom. The van der Waals surface area contributed by atoms with E-state index in [9.17, 15) is 4.79 Å². The van der Waals surface area contributed by atoms with Crippen molar-refractivity contribution in [3.05, 3.63) is 12.4 Å². The number of carbonyl (C=O) groups is 1. The van der Waals surface area contributed by atoms with E-state index in [1.54, 1.807) is 13.1 Å². The van der Waals surface area contributed by atoms with Crippen LogP contribution in [-0.4, -0.2) is 25.9 Å². The van der Waals surface area contributed by atoms with Crippen LogP contribution in [0.15, 0.2) is 17.6 Å². The Morgan fingerprint density at radius 3 is 3.08 bits per heavy atom. The fraction of sp³-hybridized carbons (Fsp3) is 0.500. The molecule has 1 N–H and O–H groups in total. The van der Waals surface area contributed by atoms with Gasteiger partial charge in [-0.3, -0.25) is 4.79 Å². The minimum atomic E-state index is -0.810. The highest BCUT2D eigenvalue weighted by Crippen LogP contribution is 2.21. The average molecular weight is 200 g/mol. The van der Waals surface area contributed by atoms with Gasteiger partial charge in [-0.05, 0) is 13.8 Å². The minimum Gasteiger partial charge on any atom is -0.480 e. The summed E-state index contributed by atoms with van der Waals surface area (Å²) in [6.45, 7) is 4.47. The van der Waals surface area contributed by atoms with Crippen molar-refractivity contribution in [2.24, 2.45) is 0 Å². The highest BCUT2D eigenvalue weighted by molar-refractivity contribution is 8.00. The van der Waals surface area contributed by atoms with Gasteiger partial charge >= 0.3 is 5.97 Å². The number of carboxylic acid groups (broad SMARTS) is 1. The smallest absolute Gasteiger partial charge is 0.316 e. The molecule has 0 amide bonds. The predicted molar refractivity (Wildman–Crippen MR) is 50.9 cm³/mol. The number of thioether (sulfide) groups is 1. The zero-order valence-electron chi connectivity index (χ0n) is 7.60. The van der Waals surface area contributed by atoms with Crippen LogP contribution in [0.3, 0.4) is 0 Å². The fourth-order valence-corrected chi connectivity index (χ4v) is 1.73. The lowest BCUT2D eigenvalue weighted by molar-refractivity contribution is -0.136. The third-order valence-electron chi connectivity index (χ3n) is 1.65. The van der Waals surface area contributed by atoms with E-state index in [0.29, 0.717) is 0 Å². The van der Waals surface area contributed by atoms with Crippen molar-refractivity contribution >= 4 is 17.7 Å². The van der Waals surface area contributed by atoms with Crippen molar-refractivity contribution in [3.8, 4) is 0 Å². The van der Waals surface area contributed by atoms with Crippen molar-refractivity contribution in [3.63, 3.8) is 0 Å². The second kappa shape index (κ2) is 4.32. The lowest BCUT2D eigenvalue weighted by Gasteiger charge is -2.06. The van der Waals surface area contributed by atoms with Crippen LogP contribution in [0.2, 0.25) is 0 Å². The molecule has 0 saturated heterocycles. The molecule has 0 radical (unpaired) electrons. The first kappa shape index (κ1) is 10.1. The summed E-state index contributed by atoms with van der Waals surface area (Å²) in [7, 11) is 0. The van der Waals surface area contributed by atoms with Crippen LogP contribution in [0.4, 0.5) is 0 Å². The summed E-state index contributed by atoms with van der Waals surface area (Å²) in [6, 6.07) is 0. The number of hydrogen-bond donors (Lipinski definition) is 1. The summed E-state index contributed by atoms with van der Waals surface area (Å²) in [5.74, 6) is -0.810. The van der Waals surface area contributed by atoms with Gasteiger partial charge in [0.05, 0.1) is 0 Å². The van der Waals surface area contributed by atoms with Crippen LogP contribution in [0, 0.1) is 0 Å². The lowest BCUT2D eigenvalue weighted by atomic mass is 10.5. The van der Waals surface area contributed by atoms with E-state index in [2.05, 4.69) is 4.98 Å². The average Bonchev–Trinajstić information content (AvgIpc) is 2.51. The molecule has 0 fully saturated rings. The van der Waals surface area contributed by atoms with E-state index in [1.165, 1.54) is 11.8 Å². The Balaban J connectivity index is 2.68. The number of nitrogens with zero attached hydrogens (tertiary/aromatic N) is 2. The van der Waals surface area contributed by atoms with Gasteiger partial charge in [0.2, 0.25) is 0 Å². The molecule has 0 aromatic carbocycles. The van der Waals surface area contributed by atoms with Crippen LogP contribution >= 0.6 is 11.8 Å². The number of aryl methyl sites for hydroxylation is 1. The summed E-state index contributed by atoms with van der Waals surface area (Å²) in [5, 5.41) is 9.00. The van der Waals surface area contributed by atoms with E-state index >= 15 is 0 Å². The lowest BCUT2D eigenvalue weighted by Crippen LogP contribution is -2.12. The molecule has 72 valence electrons. The van der Waals surface area contributed by atoms with E-state index < -0.39 is 11.2 Å². The first-order valence-corrected chi connectivity index (χ1v) is 4.93. The van der Waals surface area contributed by atoms with Crippen LogP contribution in [0.1, 0.15) is 13.8 Å². The van der Waals surface area contributed by atoms with Gasteiger partial charge in [0.15, 0.2) is 5.16 Å². The second-order valence-electron chi connectivity index (χ2n) is 2.59. The van der Waals surface area contributed by atoms with Crippen LogP contribution in [-0.2, 0) is 11.3 Å². The Hall–Kier alpha value is -0.970. The van der Waals surface area contributed by atoms with Gasteiger partial charge in [-0.1, -0.05) is 11.8 Å². The maximum Gasteiger partial charge on any atom is 0.316 e. The summed E-state index contributed by atoms with van der Waals surface area (Å²) < 4.78 is 1.92. The molecule has 0 aliphatic rings. The topological polar surface area (TPSA) is 55.1 Å². The molecular formula is C8H12N2O2S. The third kappa shape index (κ3) is 2.48. The quantitative estimate of drug-likeness (QED) is 0.748. The largest absolute Gasteiger partial charge is 0.480 e. The van der Waals surface area contributed by atoms with Crippen LogP contribution < -0.4 is 0 Å². The Morgan fingerprint density at radius 1 is 1.85 bits per heavy atom. The third-order valence-corrected chi connectivity index (χ3v) is 2.75. The molecule has 0 aliphatic heterocycles. The van der Waals surface area contributed by atoms with Crippen molar-refractivity contribution in [1.29, 1.82) is 0 Å². The number of imidazole rings is 1. The van der Waals surface area contributed by atoms with E-state index in [0.717, 1.165) is 11.7 Å². The van der Waals surface area contributed by atoms with Gasteiger partial charge in [0.25, 0.3) is 0 Å². The van der Waals surface area contributed by atoms with E-state index in [4.69, 9.17) is 5.11 Å². The number of carboxylic acids is 1. The molecule has 1 heterocycles. The first-order chi connectivity index (χ1) is 6.15. The fourth-order valence-electron chi connectivity index (χ4n) is 0.863. The zero-order valence-corrected chi connectivity index (χ0v) is 8.41. The molecule has 0 spiro atoms. The van der Waals surface area contributed by atoms with Gasteiger partial charge in [0, 0.05) is 18.9 Å². The van der Waals surface area contributed by atoms with Gasteiger partial charge in [-0.15, -0.1) is 0 Å². The van der Waals surface area contributed by atoms with Gasteiger partial charge < -0.3 is 9.67 Å². The van der Waals surface area contributed by atoms with Crippen molar-refractivity contribution < 1.29 is 9.90 Å². The van der Waals surface area contributed by atoms with E-state index in [-0.39, 0.29) is 0 Å². The predicted octanol–water partition coefficient (Wildman–Crippen LogP) is 1.47. The molecular weight excluding hydrogens is 188 g/mol. The Labute approximate surface area is 81.0 Å². The zero-order chi connectivity index (χ0) is 9.84. The highest BCUT2D eigenvalue weighted by Gasteiger charge is 2.14. The number of aromatic nitrogens is 2. The van der Waals surface area contributed by atoms with Crippen molar-refractivity contribution in [2.45, 2.75) is 30.8 Å². The van der Waals surface area contributed by atoms with Gasteiger partial charge in [0.1, 0.15) is 5.25 Å². The molecule has 0 bridgehead atoms. The second-order valence-corrected chi connectivity index (χ2v) is 3.90. The normalized spacial score (nSPS) is 12.8. The van der Waals surface area contributed by atoms with Crippen molar-refractivity contribution in [2.75, 3.05) is 0 Å². The molecule has 0 aliphatic carbocycles. The molecule has 4 nitrogen and oxygen atoms in total. The monoisotopic (exact) mass is 200 g/mol. The molecule has 0 saturated carbocycles. The summed E-state index contributed by atoms with van der Waals surface area (Å²) in [4.78, 5) is 14.6. The summed E-state index contributed by atoms with van der Waals surface area (Å²) in [6.07, 6.45) is 3.53. The molecule has 1 aromatic rings. The number of rotatable bonds is 4. The maximum absolute atomic E-state index is 10.6. The molecule has 1 atom stereocenters. The van der Waals surface area contributed by atoms with Gasteiger partial charge in [-0.25, -0.2) is 4.98 Å². The van der Waals surface area contributed by atoms with E-state index in [1.807, 2.05) is 17.7 Å². The van der Waals surface area contributed by atoms with Crippen molar-refractivity contribution in [1.82, 2.24) is 9.55 Å². The number of aliphatic carboxylic acids is 1. The maximum atomic E-state index is 10.6. The molecule has 5 heteroatoms. The van der Waals surface area contributed by atoms with Crippen LogP contribution in [0.25, 0.3) is 0 Å². The molecule has 1 rings (SSSR count). The number of hydrogen-bond acceptors (Lipinski definition) is 3. The summed E-state index contributed by atoms with van der Waals surface area (Å²) in [5.41, 5.74) is 0. The standard InChI is InChI=1S/C8H12N2O2S/c1-3-10-5-4-9-8(10)13-6(2)7(11)12/h4-6H,3H2,1-2H3,(H,11,12). The molecule has 13 heavy (non-hydrogen) atoms. The molecule has 1 unspecified atom stereocenters. The Kier molecular flexibility index (Phi) is 3.36. The Bertz CT molecular complexity index is 298. The minimum absolute atomic E-state index is 0.451. The first-order valence-electron chi connectivity index (χ1n) is 4.05. The van der Waals surface area contributed by atoms with Crippen LogP contribution in [0.5, 0.6) is 0 Å². The molecule has 1 aromatic heterocycles. The SMILES string of the molecule is CCn1ccnc1SC(C)C(=O)O. The highest BCUT2D eigenvalue weighted by atomic mass is 32.2. The summed E-state index contributed by atoms with van der Waals surface area (Å²) >= 11 is 1.26.